The minimum Gasteiger partial charge on any atom is -0.480 e. The van der Waals surface area contributed by atoms with Gasteiger partial charge in [-0.05, 0) is 6.42 Å². The number of carboxylic acids is 1. The summed E-state index contributed by atoms with van der Waals surface area (Å²) in [5.41, 5.74) is 5.28. The van der Waals surface area contributed by atoms with Crippen molar-refractivity contribution in [2.45, 2.75) is 70.8 Å². The number of carboxylic acid groups (broad SMARTS) is 1. The van der Waals surface area contributed by atoms with Crippen LogP contribution in [-0.4, -0.2) is 22.9 Å². The summed E-state index contributed by atoms with van der Waals surface area (Å²) in [6, 6.07) is -1.04. The van der Waals surface area contributed by atoms with Gasteiger partial charge in [0.15, 0.2) is 0 Å². The zero-order valence-electron chi connectivity index (χ0n) is 10.8. The molecule has 0 fully saturated rings. The van der Waals surface area contributed by atoms with Crippen LogP contribution in [-0.2, 0) is 9.59 Å². The van der Waals surface area contributed by atoms with Crippen molar-refractivity contribution in [3.8, 4) is 0 Å². The van der Waals surface area contributed by atoms with Crippen molar-refractivity contribution in [1.29, 1.82) is 0 Å². The van der Waals surface area contributed by atoms with E-state index in [0.29, 0.717) is 6.42 Å². The van der Waals surface area contributed by atoms with Gasteiger partial charge in [-0.25, -0.2) is 0 Å². The number of Topliss-reactive ketones (excluding diaryl/α,β-unsaturated/α-hetero) is 1. The van der Waals surface area contributed by atoms with Crippen molar-refractivity contribution in [2.24, 2.45) is 5.73 Å². The van der Waals surface area contributed by atoms with E-state index in [-0.39, 0.29) is 12.2 Å². The molecule has 0 bridgehead atoms. The van der Waals surface area contributed by atoms with Gasteiger partial charge in [-0.15, -0.1) is 0 Å². The largest absolute Gasteiger partial charge is 0.480 e. The Morgan fingerprint density at radius 2 is 1.59 bits per heavy atom. The fraction of sp³-hybridized carbons (Fsp3) is 0.846. The van der Waals surface area contributed by atoms with E-state index in [0.717, 1.165) is 19.3 Å². The van der Waals surface area contributed by atoms with Crippen LogP contribution in [0.4, 0.5) is 0 Å². The first-order chi connectivity index (χ1) is 8.07. The highest BCUT2D eigenvalue weighted by atomic mass is 16.4. The second-order valence-electron chi connectivity index (χ2n) is 4.56. The van der Waals surface area contributed by atoms with E-state index in [1.165, 1.54) is 25.7 Å². The van der Waals surface area contributed by atoms with Crippen LogP contribution >= 0.6 is 0 Å². The Kier molecular flexibility index (Phi) is 9.72. The fourth-order valence-corrected chi connectivity index (χ4v) is 1.71. The number of carbonyl (C=O) groups is 2. The van der Waals surface area contributed by atoms with Gasteiger partial charge in [0.1, 0.15) is 11.8 Å². The molecule has 0 unspecified atom stereocenters. The molecule has 0 aliphatic rings. The molecule has 0 rings (SSSR count). The number of unbranched alkanes of at least 4 members (excludes halogenated alkanes) is 6. The maximum atomic E-state index is 11.3. The molecular weight excluding hydrogens is 218 g/mol. The second-order valence-corrected chi connectivity index (χ2v) is 4.56. The zero-order chi connectivity index (χ0) is 13.1. The fourth-order valence-electron chi connectivity index (χ4n) is 1.71. The van der Waals surface area contributed by atoms with Gasteiger partial charge in [-0.1, -0.05) is 45.4 Å². The summed E-state index contributed by atoms with van der Waals surface area (Å²) in [5.74, 6) is -1.13. The van der Waals surface area contributed by atoms with E-state index >= 15 is 0 Å². The molecule has 0 saturated heterocycles. The molecule has 0 heterocycles. The number of rotatable bonds is 11. The SMILES string of the molecule is CCCCCCCCCC(=O)C[C@@H](N)C(=O)O. The first-order valence-electron chi connectivity index (χ1n) is 6.58. The van der Waals surface area contributed by atoms with Crippen LogP contribution in [0.5, 0.6) is 0 Å². The van der Waals surface area contributed by atoms with E-state index in [1.807, 2.05) is 0 Å². The van der Waals surface area contributed by atoms with Crippen molar-refractivity contribution in [3.05, 3.63) is 0 Å². The van der Waals surface area contributed by atoms with E-state index in [9.17, 15) is 9.59 Å². The molecule has 3 N–H and O–H groups in total. The molecule has 0 aliphatic carbocycles. The summed E-state index contributed by atoms with van der Waals surface area (Å²) in [7, 11) is 0. The average Bonchev–Trinajstić information content (AvgIpc) is 2.27. The minimum absolute atomic E-state index is 0.0338. The van der Waals surface area contributed by atoms with Crippen LogP contribution in [0.3, 0.4) is 0 Å². The predicted molar refractivity (Wildman–Crippen MR) is 67.8 cm³/mol. The lowest BCUT2D eigenvalue weighted by Crippen LogP contribution is -2.32. The smallest absolute Gasteiger partial charge is 0.320 e. The first-order valence-corrected chi connectivity index (χ1v) is 6.58. The van der Waals surface area contributed by atoms with Crippen LogP contribution in [0.25, 0.3) is 0 Å². The van der Waals surface area contributed by atoms with Crippen molar-refractivity contribution < 1.29 is 14.7 Å². The van der Waals surface area contributed by atoms with Gasteiger partial charge < -0.3 is 10.8 Å². The molecule has 0 aliphatic heterocycles. The van der Waals surface area contributed by atoms with Gasteiger partial charge >= 0.3 is 5.97 Å². The molecule has 0 spiro atoms. The number of carbonyl (C=O) groups excluding carboxylic acids is 1. The number of aliphatic carboxylic acids is 1. The van der Waals surface area contributed by atoms with Crippen molar-refractivity contribution in [2.75, 3.05) is 0 Å². The highest BCUT2D eigenvalue weighted by Gasteiger charge is 2.15. The summed E-state index contributed by atoms with van der Waals surface area (Å²) < 4.78 is 0. The summed E-state index contributed by atoms with van der Waals surface area (Å²) >= 11 is 0. The Labute approximate surface area is 104 Å². The van der Waals surface area contributed by atoms with Gasteiger partial charge in [-0.2, -0.15) is 0 Å². The van der Waals surface area contributed by atoms with E-state index in [4.69, 9.17) is 10.8 Å². The van der Waals surface area contributed by atoms with Crippen LogP contribution in [0.1, 0.15) is 64.7 Å². The lowest BCUT2D eigenvalue weighted by atomic mass is 10.0. The van der Waals surface area contributed by atoms with Crippen molar-refractivity contribution in [3.63, 3.8) is 0 Å². The Morgan fingerprint density at radius 3 is 2.12 bits per heavy atom. The van der Waals surface area contributed by atoms with Gasteiger partial charge in [0.2, 0.25) is 0 Å². The molecule has 0 aromatic heterocycles. The summed E-state index contributed by atoms with van der Waals surface area (Å²) in [6.45, 7) is 2.18. The molecule has 0 aromatic rings. The van der Waals surface area contributed by atoms with Crippen LogP contribution < -0.4 is 5.73 Å². The normalized spacial score (nSPS) is 12.4. The van der Waals surface area contributed by atoms with Gasteiger partial charge in [0.25, 0.3) is 0 Å². The Bertz CT molecular complexity index is 229. The molecule has 0 amide bonds. The zero-order valence-corrected chi connectivity index (χ0v) is 10.8. The second kappa shape index (κ2) is 10.3. The van der Waals surface area contributed by atoms with Gasteiger partial charge in [-0.3, -0.25) is 9.59 Å². The summed E-state index contributed by atoms with van der Waals surface area (Å²) in [6.07, 6.45) is 8.54. The van der Waals surface area contributed by atoms with Crippen LogP contribution in [0.2, 0.25) is 0 Å². The summed E-state index contributed by atoms with van der Waals surface area (Å²) in [5, 5.41) is 8.55. The Balaban J connectivity index is 3.36. The topological polar surface area (TPSA) is 80.4 Å². The molecule has 0 radical (unpaired) electrons. The molecule has 4 heteroatoms. The number of ketones is 1. The number of hydrogen-bond donors (Lipinski definition) is 2. The standard InChI is InChI=1S/C13H25NO3/c1-2-3-4-5-6-7-8-9-11(15)10-12(14)13(16)17/h12H,2-10,14H2,1H3,(H,16,17)/t12-/m1/s1. The molecule has 4 nitrogen and oxygen atoms in total. The summed E-state index contributed by atoms with van der Waals surface area (Å²) in [4.78, 5) is 21.8. The monoisotopic (exact) mass is 243 g/mol. The molecule has 1 atom stereocenters. The average molecular weight is 243 g/mol. The number of nitrogens with two attached hydrogens (primary N) is 1. The van der Waals surface area contributed by atoms with E-state index in [1.54, 1.807) is 0 Å². The highest BCUT2D eigenvalue weighted by molar-refractivity contribution is 5.85. The lowest BCUT2D eigenvalue weighted by Gasteiger charge is -2.05. The van der Waals surface area contributed by atoms with Crippen LogP contribution in [0.15, 0.2) is 0 Å². The highest BCUT2D eigenvalue weighted by Crippen LogP contribution is 2.09. The predicted octanol–water partition coefficient (Wildman–Crippen LogP) is 2.50. The molecular formula is C13H25NO3. The Morgan fingerprint density at radius 1 is 1.06 bits per heavy atom. The van der Waals surface area contributed by atoms with Crippen molar-refractivity contribution >= 4 is 11.8 Å². The maximum Gasteiger partial charge on any atom is 0.320 e. The Hall–Kier alpha value is -0.900. The van der Waals surface area contributed by atoms with Crippen LogP contribution in [0, 0.1) is 0 Å². The van der Waals surface area contributed by atoms with E-state index in [2.05, 4.69) is 6.92 Å². The maximum absolute atomic E-state index is 11.3. The quantitative estimate of drug-likeness (QED) is 0.546. The van der Waals surface area contributed by atoms with Crippen molar-refractivity contribution in [1.82, 2.24) is 0 Å². The molecule has 0 saturated carbocycles. The molecule has 100 valence electrons. The third-order valence-corrected chi connectivity index (χ3v) is 2.82. The van der Waals surface area contributed by atoms with E-state index < -0.39 is 12.0 Å². The minimum atomic E-state index is -1.10. The third kappa shape index (κ3) is 10.00. The molecule has 0 aromatic carbocycles. The van der Waals surface area contributed by atoms with Gasteiger partial charge in [0, 0.05) is 12.8 Å². The first kappa shape index (κ1) is 16.1. The number of hydrogen-bond acceptors (Lipinski definition) is 3. The van der Waals surface area contributed by atoms with Gasteiger partial charge in [0.05, 0.1) is 0 Å². The third-order valence-electron chi connectivity index (χ3n) is 2.82. The molecule has 17 heavy (non-hydrogen) atoms. The lowest BCUT2D eigenvalue weighted by molar-refractivity contribution is -0.140.